The van der Waals surface area contributed by atoms with Crippen molar-refractivity contribution in [1.29, 1.82) is 0 Å². The fraction of sp³-hybridized carbons (Fsp3) is 0.200. The van der Waals surface area contributed by atoms with E-state index >= 15 is 0 Å². The second kappa shape index (κ2) is 5.56. The van der Waals surface area contributed by atoms with E-state index in [1.165, 1.54) is 7.11 Å². The van der Waals surface area contributed by atoms with Crippen LogP contribution in [0.15, 0.2) is 22.7 Å². The molecule has 0 fully saturated rings. The molecule has 0 aliphatic heterocycles. The summed E-state index contributed by atoms with van der Waals surface area (Å²) in [6.07, 6.45) is 0. The van der Waals surface area contributed by atoms with Gasteiger partial charge in [-0.15, -0.1) is 0 Å². The number of methoxy groups -OCH3 is 1. The number of H-pyrrole nitrogens is 1. The van der Waals surface area contributed by atoms with Crippen molar-refractivity contribution < 1.29 is 18.8 Å². The van der Waals surface area contributed by atoms with Crippen LogP contribution in [0, 0.1) is 13.8 Å². The minimum absolute atomic E-state index is 0.163. The second-order valence-electron chi connectivity index (χ2n) is 4.98. The van der Waals surface area contributed by atoms with E-state index in [1.807, 2.05) is 0 Å². The number of rotatable bonds is 3. The number of benzene rings is 1. The smallest absolute Gasteiger partial charge is 0.359 e. The zero-order valence-corrected chi connectivity index (χ0v) is 12.8. The molecule has 23 heavy (non-hydrogen) atoms. The van der Waals surface area contributed by atoms with Crippen molar-refractivity contribution in [3.63, 3.8) is 0 Å². The molecule has 0 radical (unpaired) electrons. The van der Waals surface area contributed by atoms with Crippen LogP contribution in [-0.2, 0) is 4.74 Å². The number of carbonyl (C=O) groups excluding carboxylic acids is 2. The summed E-state index contributed by atoms with van der Waals surface area (Å²) in [5, 5.41) is 13.7. The third-order valence-corrected chi connectivity index (χ3v) is 3.46. The Labute approximate surface area is 130 Å². The molecule has 0 unspecified atom stereocenters. The third-order valence-electron chi connectivity index (χ3n) is 3.46. The number of amides is 1. The van der Waals surface area contributed by atoms with E-state index in [-0.39, 0.29) is 11.6 Å². The lowest BCUT2D eigenvalue weighted by Gasteiger charge is -2.05. The summed E-state index contributed by atoms with van der Waals surface area (Å²) < 4.78 is 9.67. The summed E-state index contributed by atoms with van der Waals surface area (Å²) in [5.74, 6) is -0.436. The molecule has 0 spiro atoms. The van der Waals surface area contributed by atoms with Crippen molar-refractivity contribution in [2.75, 3.05) is 12.4 Å². The molecule has 118 valence electrons. The van der Waals surface area contributed by atoms with E-state index in [9.17, 15) is 9.59 Å². The number of aryl methyl sites for hydroxylation is 2. The van der Waals surface area contributed by atoms with E-state index in [2.05, 4.69) is 25.4 Å². The predicted octanol–water partition coefficient (Wildman–Crippen LogP) is 2.21. The number of hydrogen-bond donors (Lipinski definition) is 2. The van der Waals surface area contributed by atoms with Gasteiger partial charge in [0.05, 0.1) is 18.3 Å². The summed E-state index contributed by atoms with van der Waals surface area (Å²) in [5.41, 5.74) is 2.26. The Kier molecular flexibility index (Phi) is 3.57. The molecular formula is C15H14N4O4. The fourth-order valence-electron chi connectivity index (χ4n) is 2.34. The zero-order chi connectivity index (χ0) is 16.6. The van der Waals surface area contributed by atoms with E-state index in [4.69, 9.17) is 4.52 Å². The first-order chi connectivity index (χ1) is 11.0. The molecule has 2 aromatic heterocycles. The Bertz CT molecular complexity index is 890. The highest BCUT2D eigenvalue weighted by molar-refractivity contribution is 6.08. The van der Waals surface area contributed by atoms with E-state index in [1.54, 1.807) is 32.0 Å². The van der Waals surface area contributed by atoms with Crippen LogP contribution in [0.4, 0.5) is 5.69 Å². The highest BCUT2D eigenvalue weighted by Gasteiger charge is 2.19. The number of aromatic amines is 1. The van der Waals surface area contributed by atoms with Gasteiger partial charge in [0.15, 0.2) is 5.69 Å². The maximum Gasteiger partial charge on any atom is 0.359 e. The standard InChI is InChI=1S/C15H14N4O4/c1-7-12(8(2)23-19-7)14(20)16-9-4-5-11-10(6-9)13(18-17-11)15(21)22-3/h4-6H,1-3H3,(H,16,20)(H,17,18). The number of esters is 1. The van der Waals surface area contributed by atoms with Crippen LogP contribution in [0.2, 0.25) is 0 Å². The van der Waals surface area contributed by atoms with Crippen LogP contribution >= 0.6 is 0 Å². The first-order valence-electron chi connectivity index (χ1n) is 6.82. The van der Waals surface area contributed by atoms with Crippen molar-refractivity contribution in [2.24, 2.45) is 0 Å². The van der Waals surface area contributed by atoms with Gasteiger partial charge in [0.25, 0.3) is 5.91 Å². The molecule has 1 amide bonds. The molecule has 0 atom stereocenters. The average molecular weight is 314 g/mol. The SMILES string of the molecule is COC(=O)c1n[nH]c2ccc(NC(=O)c3c(C)noc3C)cc12. The molecule has 1 aromatic carbocycles. The summed E-state index contributed by atoms with van der Waals surface area (Å²) in [4.78, 5) is 24.0. The lowest BCUT2D eigenvalue weighted by Crippen LogP contribution is -2.13. The highest BCUT2D eigenvalue weighted by Crippen LogP contribution is 2.22. The number of ether oxygens (including phenoxy) is 1. The van der Waals surface area contributed by atoms with E-state index in [0.717, 1.165) is 0 Å². The van der Waals surface area contributed by atoms with Crippen LogP contribution in [0.1, 0.15) is 32.3 Å². The Hall–Kier alpha value is -3.16. The Balaban J connectivity index is 1.94. The molecule has 8 heteroatoms. The van der Waals surface area contributed by atoms with Gasteiger partial charge >= 0.3 is 5.97 Å². The largest absolute Gasteiger partial charge is 0.464 e. The molecule has 3 rings (SSSR count). The number of aromatic nitrogens is 3. The third kappa shape index (κ3) is 2.54. The maximum atomic E-state index is 12.3. The Morgan fingerprint density at radius 1 is 1.30 bits per heavy atom. The average Bonchev–Trinajstić information content (AvgIpc) is 3.09. The number of fused-ring (bicyclic) bond motifs is 1. The number of nitrogens with zero attached hydrogens (tertiary/aromatic N) is 2. The second-order valence-corrected chi connectivity index (χ2v) is 4.98. The van der Waals surface area contributed by atoms with Gasteiger partial charge < -0.3 is 14.6 Å². The van der Waals surface area contributed by atoms with Crippen LogP contribution in [0.3, 0.4) is 0 Å². The maximum absolute atomic E-state index is 12.3. The Morgan fingerprint density at radius 3 is 2.74 bits per heavy atom. The molecule has 0 aliphatic carbocycles. The van der Waals surface area contributed by atoms with Gasteiger partial charge in [0.2, 0.25) is 0 Å². The zero-order valence-electron chi connectivity index (χ0n) is 12.8. The minimum Gasteiger partial charge on any atom is -0.464 e. The molecule has 8 nitrogen and oxygen atoms in total. The molecule has 0 saturated heterocycles. The van der Waals surface area contributed by atoms with E-state index in [0.29, 0.717) is 33.6 Å². The monoisotopic (exact) mass is 314 g/mol. The molecule has 2 N–H and O–H groups in total. The topological polar surface area (TPSA) is 110 Å². The number of nitrogens with one attached hydrogen (secondary N) is 2. The number of anilines is 1. The van der Waals surface area contributed by atoms with Crippen molar-refractivity contribution in [3.05, 3.63) is 40.9 Å². The van der Waals surface area contributed by atoms with Gasteiger partial charge in [-0.25, -0.2) is 4.79 Å². The number of hydrogen-bond acceptors (Lipinski definition) is 6. The summed E-state index contributed by atoms with van der Waals surface area (Å²) >= 11 is 0. The summed E-state index contributed by atoms with van der Waals surface area (Å²) in [6.45, 7) is 3.36. The van der Waals surface area contributed by atoms with Crippen molar-refractivity contribution >= 4 is 28.5 Å². The van der Waals surface area contributed by atoms with Crippen LogP contribution in [-0.4, -0.2) is 34.3 Å². The van der Waals surface area contributed by atoms with Gasteiger partial charge in [-0.3, -0.25) is 9.89 Å². The van der Waals surface area contributed by atoms with Gasteiger partial charge in [0, 0.05) is 11.1 Å². The van der Waals surface area contributed by atoms with Crippen LogP contribution in [0.5, 0.6) is 0 Å². The van der Waals surface area contributed by atoms with Crippen molar-refractivity contribution in [3.8, 4) is 0 Å². The van der Waals surface area contributed by atoms with E-state index < -0.39 is 5.97 Å². The van der Waals surface area contributed by atoms with Gasteiger partial charge in [-0.05, 0) is 32.0 Å². The van der Waals surface area contributed by atoms with Crippen molar-refractivity contribution in [1.82, 2.24) is 15.4 Å². The molecule has 0 bridgehead atoms. The molecule has 0 saturated carbocycles. The quantitative estimate of drug-likeness (QED) is 0.717. The fourth-order valence-corrected chi connectivity index (χ4v) is 2.34. The van der Waals surface area contributed by atoms with Gasteiger partial charge in [-0.2, -0.15) is 5.10 Å². The van der Waals surface area contributed by atoms with Crippen LogP contribution < -0.4 is 5.32 Å². The van der Waals surface area contributed by atoms with Crippen LogP contribution in [0.25, 0.3) is 10.9 Å². The number of carbonyl (C=O) groups is 2. The Morgan fingerprint density at radius 2 is 2.09 bits per heavy atom. The summed E-state index contributed by atoms with van der Waals surface area (Å²) in [6, 6.07) is 5.08. The normalized spacial score (nSPS) is 10.7. The first-order valence-corrected chi connectivity index (χ1v) is 6.82. The lowest BCUT2D eigenvalue weighted by molar-refractivity contribution is 0.0596. The van der Waals surface area contributed by atoms with Crippen molar-refractivity contribution in [2.45, 2.75) is 13.8 Å². The lowest BCUT2D eigenvalue weighted by atomic mass is 10.1. The molecule has 2 heterocycles. The summed E-state index contributed by atoms with van der Waals surface area (Å²) in [7, 11) is 1.28. The highest BCUT2D eigenvalue weighted by atomic mass is 16.5. The minimum atomic E-state index is -0.551. The first kappa shape index (κ1) is 14.8. The van der Waals surface area contributed by atoms with Gasteiger partial charge in [0.1, 0.15) is 11.3 Å². The molecule has 0 aliphatic rings. The molecule has 3 aromatic rings. The van der Waals surface area contributed by atoms with Gasteiger partial charge in [-0.1, -0.05) is 5.16 Å². The predicted molar refractivity (Wildman–Crippen MR) is 81.4 cm³/mol. The molecular weight excluding hydrogens is 300 g/mol.